The molecule has 0 amide bonds. The molecule has 0 aromatic heterocycles. The molecule has 36 heavy (non-hydrogen) atoms. The Hall–Kier alpha value is -2.94. The first-order valence-electron chi connectivity index (χ1n) is 12.7. The van der Waals surface area contributed by atoms with Crippen LogP contribution in [0.4, 0.5) is 0 Å². The van der Waals surface area contributed by atoms with E-state index in [1.165, 1.54) is 75.7 Å². The van der Waals surface area contributed by atoms with Crippen LogP contribution >= 0.6 is 31.9 Å². The summed E-state index contributed by atoms with van der Waals surface area (Å²) in [6.07, 6.45) is 0. The van der Waals surface area contributed by atoms with Gasteiger partial charge < -0.3 is 0 Å². The Morgan fingerprint density at radius 1 is 0.306 bits per heavy atom. The highest BCUT2D eigenvalue weighted by Gasteiger charge is 2.49. The lowest BCUT2D eigenvalue weighted by atomic mass is 9.56. The average Bonchev–Trinajstić information content (AvgIpc) is 2.95. The van der Waals surface area contributed by atoms with Crippen molar-refractivity contribution < 1.29 is 0 Å². The van der Waals surface area contributed by atoms with Crippen molar-refractivity contribution in [3.05, 3.63) is 173 Å². The lowest BCUT2D eigenvalue weighted by molar-refractivity contribution is 0.704. The van der Waals surface area contributed by atoms with Crippen molar-refractivity contribution in [1.29, 1.82) is 0 Å². The van der Waals surface area contributed by atoms with Gasteiger partial charge in [-0.2, -0.15) is 0 Å². The fourth-order valence-electron chi connectivity index (χ4n) is 7.95. The monoisotopic (exact) mass is 586 g/mol. The molecule has 0 atom stereocenters. The van der Waals surface area contributed by atoms with Gasteiger partial charge in [0.25, 0.3) is 0 Å². The third-order valence-corrected chi connectivity index (χ3v) is 10.9. The molecule has 0 radical (unpaired) electrons. The summed E-state index contributed by atoms with van der Waals surface area (Å²) in [6.45, 7) is 0. The van der Waals surface area contributed by atoms with Gasteiger partial charge in [-0.3, -0.25) is 0 Å². The highest BCUT2D eigenvalue weighted by molar-refractivity contribution is 9.11. The minimum absolute atomic E-state index is 0.249. The Bertz CT molecular complexity index is 1440. The first-order valence-corrected chi connectivity index (χ1v) is 14.2. The van der Waals surface area contributed by atoms with Crippen molar-refractivity contribution in [3.8, 4) is 0 Å². The number of hydrogen-bond acceptors (Lipinski definition) is 0. The van der Waals surface area contributed by atoms with Gasteiger partial charge in [0, 0.05) is 32.6 Å². The number of benzene rings is 5. The summed E-state index contributed by atoms with van der Waals surface area (Å²) in [5.74, 6) is 0.997. The second-order valence-corrected chi connectivity index (χ2v) is 12.1. The third kappa shape index (κ3) is 2.20. The minimum Gasteiger partial charge on any atom is -0.0619 e. The van der Waals surface area contributed by atoms with Crippen molar-refractivity contribution >= 4 is 31.9 Å². The number of rotatable bonds is 0. The van der Waals surface area contributed by atoms with Crippen LogP contribution in [-0.2, 0) is 0 Å². The molecule has 6 aliphatic carbocycles. The third-order valence-electron chi connectivity index (χ3n) is 9.15. The first kappa shape index (κ1) is 20.2. The Morgan fingerprint density at radius 3 is 0.639 bits per heavy atom. The molecule has 2 heteroatoms. The maximum Gasteiger partial charge on any atom is 0.0360 e. The molecule has 0 saturated heterocycles. The van der Waals surface area contributed by atoms with Crippen molar-refractivity contribution in [2.75, 3.05) is 0 Å². The van der Waals surface area contributed by atoms with E-state index in [9.17, 15) is 0 Å². The molecular formula is C34H20Br2. The molecule has 4 bridgehead atoms. The van der Waals surface area contributed by atoms with Gasteiger partial charge in [0.2, 0.25) is 0 Å². The average molecular weight is 588 g/mol. The molecule has 0 aliphatic heterocycles. The van der Waals surface area contributed by atoms with Crippen LogP contribution in [-0.4, -0.2) is 0 Å². The lowest BCUT2D eigenvalue weighted by Crippen LogP contribution is -2.33. The number of halogens is 2. The fraction of sp³-hybridized carbons (Fsp3) is 0.118. The number of hydrogen-bond donors (Lipinski definition) is 0. The van der Waals surface area contributed by atoms with Crippen molar-refractivity contribution in [1.82, 2.24) is 0 Å². The standard InChI is InChI=1S/C34H20Br2/c35-33-29-25-17-9-1-2-10-18(17)26(20-12-4-3-11-19(20)25)30(29)34(36)32-28-23-15-7-5-13-21(23)27(31(32)33)22-14-6-8-16-24(22)28/h1-16,25-28H. The molecule has 0 heterocycles. The van der Waals surface area contributed by atoms with Gasteiger partial charge in [0.1, 0.15) is 0 Å². The van der Waals surface area contributed by atoms with Crippen LogP contribution in [0.25, 0.3) is 0 Å². The highest BCUT2D eigenvalue weighted by Crippen LogP contribution is 2.65. The van der Waals surface area contributed by atoms with E-state index in [0.717, 1.165) is 0 Å². The van der Waals surface area contributed by atoms with E-state index < -0.39 is 0 Å². The lowest BCUT2D eigenvalue weighted by Gasteiger charge is -2.48. The molecule has 170 valence electrons. The van der Waals surface area contributed by atoms with Gasteiger partial charge in [0.05, 0.1) is 0 Å². The van der Waals surface area contributed by atoms with E-state index in [-0.39, 0.29) is 23.7 Å². The van der Waals surface area contributed by atoms with Gasteiger partial charge in [0.15, 0.2) is 0 Å². The largest absolute Gasteiger partial charge is 0.0619 e. The van der Waals surface area contributed by atoms with Gasteiger partial charge in [-0.15, -0.1) is 0 Å². The van der Waals surface area contributed by atoms with Crippen molar-refractivity contribution in [3.63, 3.8) is 0 Å². The molecule has 5 aromatic carbocycles. The van der Waals surface area contributed by atoms with Gasteiger partial charge >= 0.3 is 0 Å². The molecule has 0 spiro atoms. The highest BCUT2D eigenvalue weighted by atomic mass is 79.9. The van der Waals surface area contributed by atoms with Gasteiger partial charge in [-0.1, -0.05) is 129 Å². The Kier molecular flexibility index (Phi) is 3.85. The van der Waals surface area contributed by atoms with E-state index in [2.05, 4.69) is 129 Å². The minimum atomic E-state index is 0.249. The second kappa shape index (κ2) is 6.88. The Balaban J connectivity index is 1.43. The predicted molar refractivity (Wildman–Crippen MR) is 151 cm³/mol. The van der Waals surface area contributed by atoms with Crippen LogP contribution in [0.3, 0.4) is 0 Å². The maximum atomic E-state index is 4.28. The zero-order chi connectivity index (χ0) is 23.7. The van der Waals surface area contributed by atoms with Gasteiger partial charge in [-0.25, -0.2) is 0 Å². The molecule has 0 N–H and O–H groups in total. The summed E-state index contributed by atoms with van der Waals surface area (Å²) in [5.41, 5.74) is 17.5. The Morgan fingerprint density at radius 2 is 0.472 bits per heavy atom. The summed E-state index contributed by atoms with van der Waals surface area (Å²) in [6, 6.07) is 36.4. The molecule has 11 rings (SSSR count). The molecular weight excluding hydrogens is 568 g/mol. The summed E-state index contributed by atoms with van der Waals surface area (Å²) >= 11 is 8.55. The molecule has 5 aromatic rings. The summed E-state index contributed by atoms with van der Waals surface area (Å²) in [5, 5.41) is 0. The van der Waals surface area contributed by atoms with E-state index >= 15 is 0 Å². The van der Waals surface area contributed by atoms with Crippen LogP contribution in [0.5, 0.6) is 0 Å². The summed E-state index contributed by atoms with van der Waals surface area (Å²) in [4.78, 5) is 0. The fourth-order valence-corrected chi connectivity index (χ4v) is 9.72. The maximum absolute atomic E-state index is 4.28. The first-order chi connectivity index (χ1) is 17.8. The predicted octanol–water partition coefficient (Wildman–Crippen LogP) is 9.19. The van der Waals surface area contributed by atoms with Crippen molar-refractivity contribution in [2.45, 2.75) is 23.7 Å². The molecule has 0 unspecified atom stereocenters. The van der Waals surface area contributed by atoms with Gasteiger partial charge in [-0.05, 0) is 66.8 Å². The van der Waals surface area contributed by atoms with E-state index in [1.54, 1.807) is 0 Å². The van der Waals surface area contributed by atoms with Crippen LogP contribution in [0.15, 0.2) is 106 Å². The molecule has 0 nitrogen and oxygen atoms in total. The second-order valence-electron chi connectivity index (χ2n) is 10.5. The quantitative estimate of drug-likeness (QED) is 0.166. The van der Waals surface area contributed by atoms with Crippen molar-refractivity contribution in [2.24, 2.45) is 0 Å². The van der Waals surface area contributed by atoms with Crippen LogP contribution in [0, 0.1) is 0 Å². The topological polar surface area (TPSA) is 0 Å². The van der Waals surface area contributed by atoms with E-state index in [0.29, 0.717) is 0 Å². The molecule has 6 aliphatic rings. The van der Waals surface area contributed by atoms with Crippen LogP contribution in [0.2, 0.25) is 0 Å². The Labute approximate surface area is 227 Å². The SMILES string of the molecule is Brc1c2c(c(Br)c3c1C1c4ccccc4C3c3ccccc31)C1c3ccccc3C2c2ccccc21. The molecule has 0 saturated carbocycles. The normalized spacial score (nSPS) is 22.7. The summed E-state index contributed by atoms with van der Waals surface area (Å²) in [7, 11) is 0. The zero-order valence-electron chi connectivity index (χ0n) is 19.3. The smallest absolute Gasteiger partial charge is 0.0360 e. The zero-order valence-corrected chi connectivity index (χ0v) is 22.5. The van der Waals surface area contributed by atoms with E-state index in [4.69, 9.17) is 0 Å². The summed E-state index contributed by atoms with van der Waals surface area (Å²) < 4.78 is 2.63. The van der Waals surface area contributed by atoms with Crippen LogP contribution in [0.1, 0.15) is 90.4 Å². The van der Waals surface area contributed by atoms with E-state index in [1.807, 2.05) is 0 Å². The van der Waals surface area contributed by atoms with Crippen LogP contribution < -0.4 is 0 Å². The molecule has 0 fully saturated rings.